The molecular weight excluding hydrogens is 249 g/mol. The van der Waals surface area contributed by atoms with Crippen LogP contribution in [-0.2, 0) is 0 Å². The topological polar surface area (TPSA) is 12.0 Å². The zero-order chi connectivity index (χ0) is 9.68. The molecule has 1 N–H and O–H groups in total. The van der Waals surface area contributed by atoms with Crippen LogP contribution >= 0.6 is 27.5 Å². The highest BCUT2D eigenvalue weighted by molar-refractivity contribution is 9.10. The summed E-state index contributed by atoms with van der Waals surface area (Å²) in [6.07, 6.45) is 4.04. The maximum atomic E-state index is 5.98. The molecule has 0 spiro atoms. The van der Waals surface area contributed by atoms with E-state index in [2.05, 4.69) is 21.2 Å². The smallest absolute Gasteiger partial charge is 0.0479 e. The molecule has 13 heavy (non-hydrogen) atoms. The molecule has 0 bridgehead atoms. The molecule has 1 nitrogen and oxygen atoms in total. The molecule has 1 rings (SSSR count). The van der Waals surface area contributed by atoms with E-state index >= 15 is 0 Å². The standard InChI is InChI=1S/C10H11BrClN/c1-13-6-2-3-8-7-9(11)4-5-10(8)12/h2-5,7,13H,6H2,1H3. The van der Waals surface area contributed by atoms with Gasteiger partial charge in [0.1, 0.15) is 0 Å². The average molecular weight is 261 g/mol. The first-order valence-electron chi connectivity index (χ1n) is 4.00. The van der Waals surface area contributed by atoms with E-state index in [1.165, 1.54) is 0 Å². The number of nitrogens with one attached hydrogen (secondary N) is 1. The molecule has 0 saturated heterocycles. The Bertz CT molecular complexity index is 310. The van der Waals surface area contributed by atoms with E-state index < -0.39 is 0 Å². The van der Waals surface area contributed by atoms with Crippen molar-refractivity contribution in [3.05, 3.63) is 39.3 Å². The molecule has 0 aliphatic carbocycles. The van der Waals surface area contributed by atoms with E-state index in [1.54, 1.807) is 0 Å². The third kappa shape index (κ3) is 3.51. The lowest BCUT2D eigenvalue weighted by molar-refractivity contribution is 0.922. The fourth-order valence-electron chi connectivity index (χ4n) is 0.946. The van der Waals surface area contributed by atoms with Gasteiger partial charge < -0.3 is 5.32 Å². The summed E-state index contributed by atoms with van der Waals surface area (Å²) in [6.45, 7) is 0.850. The van der Waals surface area contributed by atoms with E-state index in [4.69, 9.17) is 11.6 Å². The fraction of sp³-hybridized carbons (Fsp3) is 0.200. The first-order chi connectivity index (χ1) is 6.24. The normalized spacial score (nSPS) is 11.0. The third-order valence-corrected chi connectivity index (χ3v) is 2.41. The molecular formula is C10H11BrClN. The van der Waals surface area contributed by atoms with Crippen LogP contribution in [0.4, 0.5) is 0 Å². The van der Waals surface area contributed by atoms with Gasteiger partial charge in [-0.25, -0.2) is 0 Å². The largest absolute Gasteiger partial charge is 0.316 e. The Labute approximate surface area is 91.9 Å². The second kappa shape index (κ2) is 5.43. The highest BCUT2D eigenvalue weighted by Gasteiger charge is 1.95. The van der Waals surface area contributed by atoms with Gasteiger partial charge in [0.15, 0.2) is 0 Å². The maximum absolute atomic E-state index is 5.98. The second-order valence-electron chi connectivity index (χ2n) is 2.63. The molecule has 1 aromatic carbocycles. The van der Waals surface area contributed by atoms with Crippen LogP contribution in [0.25, 0.3) is 6.08 Å². The number of benzene rings is 1. The van der Waals surface area contributed by atoms with Gasteiger partial charge in [-0.3, -0.25) is 0 Å². The van der Waals surface area contributed by atoms with E-state index in [-0.39, 0.29) is 0 Å². The van der Waals surface area contributed by atoms with Crippen LogP contribution in [0.1, 0.15) is 5.56 Å². The summed E-state index contributed by atoms with van der Waals surface area (Å²) in [5.74, 6) is 0. The minimum Gasteiger partial charge on any atom is -0.316 e. The SMILES string of the molecule is CNCC=Cc1cc(Br)ccc1Cl. The van der Waals surface area contributed by atoms with Crippen molar-refractivity contribution >= 4 is 33.6 Å². The van der Waals surface area contributed by atoms with Crippen molar-refractivity contribution in [3.63, 3.8) is 0 Å². The zero-order valence-electron chi connectivity index (χ0n) is 7.35. The fourth-order valence-corrected chi connectivity index (χ4v) is 1.51. The summed E-state index contributed by atoms with van der Waals surface area (Å²) in [7, 11) is 1.91. The molecule has 70 valence electrons. The third-order valence-electron chi connectivity index (χ3n) is 1.58. The summed E-state index contributed by atoms with van der Waals surface area (Å²) in [4.78, 5) is 0. The van der Waals surface area contributed by atoms with Gasteiger partial charge in [0.2, 0.25) is 0 Å². The van der Waals surface area contributed by atoms with E-state index in [0.29, 0.717) is 0 Å². The van der Waals surface area contributed by atoms with Crippen molar-refractivity contribution in [1.29, 1.82) is 0 Å². The summed E-state index contributed by atoms with van der Waals surface area (Å²) < 4.78 is 1.04. The van der Waals surface area contributed by atoms with Crippen molar-refractivity contribution in [1.82, 2.24) is 5.32 Å². The Hall–Kier alpha value is -0.310. The lowest BCUT2D eigenvalue weighted by Crippen LogP contribution is -2.03. The minimum atomic E-state index is 0.774. The first-order valence-corrected chi connectivity index (χ1v) is 5.17. The Morgan fingerprint density at radius 1 is 1.54 bits per heavy atom. The number of rotatable bonds is 3. The van der Waals surface area contributed by atoms with Gasteiger partial charge in [-0.2, -0.15) is 0 Å². The summed E-state index contributed by atoms with van der Waals surface area (Å²) in [5, 5.41) is 3.80. The zero-order valence-corrected chi connectivity index (χ0v) is 9.69. The molecule has 0 saturated carbocycles. The van der Waals surface area contributed by atoms with Gasteiger partial charge in [-0.15, -0.1) is 0 Å². The Morgan fingerprint density at radius 3 is 3.00 bits per heavy atom. The van der Waals surface area contributed by atoms with Gasteiger partial charge in [-0.05, 0) is 30.8 Å². The molecule has 0 radical (unpaired) electrons. The summed E-state index contributed by atoms with van der Waals surface area (Å²) >= 11 is 9.38. The number of halogens is 2. The van der Waals surface area contributed by atoms with Crippen molar-refractivity contribution < 1.29 is 0 Å². The van der Waals surface area contributed by atoms with Gasteiger partial charge in [-0.1, -0.05) is 39.7 Å². The van der Waals surface area contributed by atoms with Crippen LogP contribution in [0, 0.1) is 0 Å². The lowest BCUT2D eigenvalue weighted by Gasteiger charge is -1.98. The van der Waals surface area contributed by atoms with Gasteiger partial charge in [0.05, 0.1) is 0 Å². The van der Waals surface area contributed by atoms with Crippen molar-refractivity contribution in [2.75, 3.05) is 13.6 Å². The molecule has 0 unspecified atom stereocenters. The molecule has 0 fully saturated rings. The molecule has 0 aromatic heterocycles. The monoisotopic (exact) mass is 259 g/mol. The highest BCUT2D eigenvalue weighted by atomic mass is 79.9. The first kappa shape index (κ1) is 10.8. The van der Waals surface area contributed by atoms with Crippen LogP contribution in [0.15, 0.2) is 28.7 Å². The summed E-state index contributed by atoms with van der Waals surface area (Å²) in [5.41, 5.74) is 1.03. The van der Waals surface area contributed by atoms with Gasteiger partial charge in [0.25, 0.3) is 0 Å². The molecule has 0 aliphatic heterocycles. The van der Waals surface area contributed by atoms with Crippen LogP contribution < -0.4 is 5.32 Å². The molecule has 0 amide bonds. The predicted octanol–water partition coefficient (Wildman–Crippen LogP) is 3.34. The van der Waals surface area contributed by atoms with E-state index in [0.717, 1.165) is 21.6 Å². The van der Waals surface area contributed by atoms with Crippen LogP contribution in [0.3, 0.4) is 0 Å². The second-order valence-corrected chi connectivity index (χ2v) is 3.95. The lowest BCUT2D eigenvalue weighted by atomic mass is 10.2. The van der Waals surface area contributed by atoms with Gasteiger partial charge >= 0.3 is 0 Å². The predicted molar refractivity (Wildman–Crippen MR) is 62.1 cm³/mol. The Morgan fingerprint density at radius 2 is 2.31 bits per heavy atom. The van der Waals surface area contributed by atoms with Crippen molar-refractivity contribution in [2.24, 2.45) is 0 Å². The number of hydrogen-bond donors (Lipinski definition) is 1. The Balaban J connectivity index is 2.81. The molecule has 1 aromatic rings. The quantitative estimate of drug-likeness (QED) is 0.879. The van der Waals surface area contributed by atoms with E-state index in [1.807, 2.05) is 37.4 Å². The van der Waals surface area contributed by atoms with Crippen molar-refractivity contribution in [2.45, 2.75) is 0 Å². The summed E-state index contributed by atoms with van der Waals surface area (Å²) in [6, 6.07) is 5.80. The number of hydrogen-bond acceptors (Lipinski definition) is 1. The van der Waals surface area contributed by atoms with Gasteiger partial charge in [0, 0.05) is 16.0 Å². The molecule has 0 aliphatic rings. The number of likely N-dealkylation sites (N-methyl/N-ethyl adjacent to an activating group) is 1. The Kier molecular flexibility index (Phi) is 4.50. The molecule has 0 heterocycles. The van der Waals surface area contributed by atoms with Crippen molar-refractivity contribution in [3.8, 4) is 0 Å². The average Bonchev–Trinajstić information content (AvgIpc) is 2.11. The van der Waals surface area contributed by atoms with Crippen LogP contribution in [-0.4, -0.2) is 13.6 Å². The van der Waals surface area contributed by atoms with E-state index in [9.17, 15) is 0 Å². The molecule has 0 atom stereocenters. The minimum absolute atomic E-state index is 0.774. The van der Waals surface area contributed by atoms with Crippen LogP contribution in [0.5, 0.6) is 0 Å². The maximum Gasteiger partial charge on any atom is 0.0479 e. The molecule has 3 heteroatoms. The van der Waals surface area contributed by atoms with Crippen LogP contribution in [0.2, 0.25) is 5.02 Å². The highest BCUT2D eigenvalue weighted by Crippen LogP contribution is 2.21.